The van der Waals surface area contributed by atoms with Gasteiger partial charge in [-0.2, -0.15) is 0 Å². The highest BCUT2D eigenvalue weighted by molar-refractivity contribution is 5.89. The Bertz CT molecular complexity index is 713. The summed E-state index contributed by atoms with van der Waals surface area (Å²) in [6.45, 7) is 6.54. The molecule has 1 saturated heterocycles. The van der Waals surface area contributed by atoms with Crippen LogP contribution in [0.4, 0.5) is 19.7 Å². The summed E-state index contributed by atoms with van der Waals surface area (Å²) in [4.78, 5) is 28.5. The lowest BCUT2D eigenvalue weighted by atomic mass is 10.0. The topological polar surface area (TPSA) is 80.3 Å². The molecule has 0 aliphatic carbocycles. The molecule has 8 nitrogen and oxygen atoms in total. The number of likely N-dealkylation sites (tertiary alicyclic amines) is 1. The highest BCUT2D eigenvalue weighted by atomic mass is 19.1. The van der Waals surface area contributed by atoms with E-state index in [2.05, 4.69) is 5.32 Å². The van der Waals surface area contributed by atoms with Crippen molar-refractivity contribution in [3.8, 4) is 0 Å². The minimum atomic E-state index is -0.625. The molecule has 0 unspecified atom stereocenters. The Morgan fingerprint density at radius 2 is 1.80 bits per heavy atom. The van der Waals surface area contributed by atoms with Gasteiger partial charge in [-0.3, -0.25) is 0 Å². The van der Waals surface area contributed by atoms with Crippen LogP contribution in [-0.2, 0) is 14.2 Å². The number of amides is 3. The van der Waals surface area contributed by atoms with Gasteiger partial charge in [0.15, 0.2) is 6.29 Å². The summed E-state index contributed by atoms with van der Waals surface area (Å²) in [6.07, 6.45) is 0.129. The quantitative estimate of drug-likeness (QED) is 0.704. The van der Waals surface area contributed by atoms with E-state index in [9.17, 15) is 14.0 Å². The van der Waals surface area contributed by atoms with Crippen LogP contribution < -0.4 is 5.32 Å². The molecule has 0 atom stereocenters. The molecular weight excluding hydrogens is 393 g/mol. The summed E-state index contributed by atoms with van der Waals surface area (Å²) in [5.41, 5.74) is -0.464. The van der Waals surface area contributed by atoms with E-state index in [0.29, 0.717) is 25.9 Å². The fourth-order valence-corrected chi connectivity index (χ4v) is 3.24. The van der Waals surface area contributed by atoms with Gasteiger partial charge in [-0.05, 0) is 45.7 Å². The van der Waals surface area contributed by atoms with Gasteiger partial charge in [0, 0.05) is 33.4 Å². The van der Waals surface area contributed by atoms with Gasteiger partial charge in [-0.1, -0.05) is 12.1 Å². The predicted molar refractivity (Wildman–Crippen MR) is 111 cm³/mol. The van der Waals surface area contributed by atoms with Crippen molar-refractivity contribution < 1.29 is 28.2 Å². The molecule has 1 aliphatic heterocycles. The van der Waals surface area contributed by atoms with Crippen LogP contribution in [0.15, 0.2) is 24.3 Å². The Hall–Kier alpha value is -2.39. The van der Waals surface area contributed by atoms with Crippen LogP contribution >= 0.6 is 0 Å². The van der Waals surface area contributed by atoms with E-state index >= 15 is 0 Å². The second kappa shape index (κ2) is 10.6. The van der Waals surface area contributed by atoms with Crippen molar-refractivity contribution in [2.24, 2.45) is 0 Å². The van der Waals surface area contributed by atoms with Crippen LogP contribution in [0.5, 0.6) is 0 Å². The molecule has 168 valence electrons. The van der Waals surface area contributed by atoms with Crippen molar-refractivity contribution in [3.63, 3.8) is 0 Å². The molecule has 3 amide bonds. The first-order valence-corrected chi connectivity index (χ1v) is 10.00. The van der Waals surface area contributed by atoms with Gasteiger partial charge in [0.05, 0.1) is 12.2 Å². The molecule has 0 aromatic heterocycles. The first-order chi connectivity index (χ1) is 14.1. The van der Waals surface area contributed by atoms with E-state index in [1.54, 1.807) is 21.9 Å². The number of hydrogen-bond donors (Lipinski definition) is 1. The van der Waals surface area contributed by atoms with Crippen molar-refractivity contribution in [2.75, 3.05) is 39.2 Å². The molecule has 9 heteroatoms. The number of piperidine rings is 1. The monoisotopic (exact) mass is 425 g/mol. The second-order valence-electron chi connectivity index (χ2n) is 8.16. The number of methoxy groups -OCH3 is 2. The van der Waals surface area contributed by atoms with E-state index in [-0.39, 0.29) is 24.4 Å². The number of carbonyl (C=O) groups is 2. The zero-order chi connectivity index (χ0) is 22.3. The van der Waals surface area contributed by atoms with Gasteiger partial charge in [0.25, 0.3) is 0 Å². The lowest BCUT2D eigenvalue weighted by Gasteiger charge is -2.39. The second-order valence-corrected chi connectivity index (χ2v) is 8.16. The number of ether oxygens (including phenoxy) is 3. The summed E-state index contributed by atoms with van der Waals surface area (Å²) >= 11 is 0. The van der Waals surface area contributed by atoms with Gasteiger partial charge < -0.3 is 29.3 Å². The molecule has 0 radical (unpaired) electrons. The zero-order valence-electron chi connectivity index (χ0n) is 18.3. The molecule has 1 aliphatic rings. The molecule has 0 bridgehead atoms. The van der Waals surface area contributed by atoms with Gasteiger partial charge in [-0.15, -0.1) is 0 Å². The highest BCUT2D eigenvalue weighted by Gasteiger charge is 2.33. The number of anilines is 1. The molecular formula is C21H32FN3O5. The number of halogens is 1. The Morgan fingerprint density at radius 3 is 2.33 bits per heavy atom. The number of benzene rings is 1. The summed E-state index contributed by atoms with van der Waals surface area (Å²) in [7, 11) is 2.98. The summed E-state index contributed by atoms with van der Waals surface area (Å²) in [6, 6.07) is 5.38. The number of hydrogen-bond acceptors (Lipinski definition) is 5. The fraction of sp³-hybridized carbons (Fsp3) is 0.619. The van der Waals surface area contributed by atoms with E-state index in [1.807, 2.05) is 20.8 Å². The lowest BCUT2D eigenvalue weighted by Crippen LogP contribution is -2.53. The first kappa shape index (κ1) is 23.9. The van der Waals surface area contributed by atoms with Crippen molar-refractivity contribution in [1.29, 1.82) is 0 Å². The van der Waals surface area contributed by atoms with E-state index < -0.39 is 23.7 Å². The molecule has 1 N–H and O–H groups in total. The average molecular weight is 426 g/mol. The number of rotatable bonds is 6. The number of nitrogens with zero attached hydrogens (tertiary/aromatic N) is 2. The summed E-state index contributed by atoms with van der Waals surface area (Å²) in [5.74, 6) is -0.513. The number of urea groups is 1. The molecule has 2 rings (SSSR count). The maximum atomic E-state index is 14.0. The maximum Gasteiger partial charge on any atom is 0.410 e. The fourth-order valence-electron chi connectivity index (χ4n) is 3.24. The smallest absolute Gasteiger partial charge is 0.410 e. The minimum absolute atomic E-state index is 0.102. The van der Waals surface area contributed by atoms with Crippen LogP contribution in [0.25, 0.3) is 0 Å². The highest BCUT2D eigenvalue weighted by Crippen LogP contribution is 2.22. The molecule has 1 fully saturated rings. The van der Waals surface area contributed by atoms with Gasteiger partial charge in [0.2, 0.25) is 0 Å². The van der Waals surface area contributed by atoms with E-state index in [4.69, 9.17) is 14.2 Å². The van der Waals surface area contributed by atoms with Crippen molar-refractivity contribution in [2.45, 2.75) is 51.5 Å². The lowest BCUT2D eigenvalue weighted by molar-refractivity contribution is -0.115. The third-order valence-corrected chi connectivity index (χ3v) is 4.80. The number of para-hydroxylation sites is 1. The first-order valence-electron chi connectivity index (χ1n) is 10.00. The standard InChI is InChI=1S/C21H32FN3O5/c1-21(2,3)30-20(27)24-12-10-15(11-13-24)25(14-18(28-4)29-5)19(26)23-17-9-7-6-8-16(17)22/h6-9,15,18H,10-14H2,1-5H3,(H,23,26). The van der Waals surface area contributed by atoms with Crippen LogP contribution in [0.2, 0.25) is 0 Å². The van der Waals surface area contributed by atoms with Crippen LogP contribution in [0.1, 0.15) is 33.6 Å². The molecule has 30 heavy (non-hydrogen) atoms. The van der Waals surface area contributed by atoms with Crippen molar-refractivity contribution in [3.05, 3.63) is 30.1 Å². The zero-order valence-corrected chi connectivity index (χ0v) is 18.3. The summed E-state index contributed by atoms with van der Waals surface area (Å²) in [5, 5.41) is 2.62. The normalized spacial score (nSPS) is 15.2. The molecule has 1 aromatic rings. The SMILES string of the molecule is COC(CN(C(=O)Nc1ccccc1F)C1CCN(C(=O)OC(C)(C)C)CC1)OC. The van der Waals surface area contributed by atoms with Gasteiger partial charge in [0.1, 0.15) is 11.4 Å². The Kier molecular flexibility index (Phi) is 8.43. The Labute approximate surface area is 177 Å². The van der Waals surface area contributed by atoms with Crippen molar-refractivity contribution >= 4 is 17.8 Å². The predicted octanol–water partition coefficient (Wildman–Crippen LogP) is 3.68. The van der Waals surface area contributed by atoms with E-state index in [1.165, 1.54) is 26.4 Å². The van der Waals surface area contributed by atoms with Crippen molar-refractivity contribution in [1.82, 2.24) is 9.80 Å². The van der Waals surface area contributed by atoms with Crippen LogP contribution in [0, 0.1) is 5.82 Å². The number of nitrogens with one attached hydrogen (secondary N) is 1. The third kappa shape index (κ3) is 6.84. The van der Waals surface area contributed by atoms with Crippen LogP contribution in [0.3, 0.4) is 0 Å². The molecule has 0 spiro atoms. The molecule has 0 saturated carbocycles. The molecule has 1 heterocycles. The van der Waals surface area contributed by atoms with Gasteiger partial charge in [-0.25, -0.2) is 14.0 Å². The maximum absolute atomic E-state index is 14.0. The third-order valence-electron chi connectivity index (χ3n) is 4.80. The van der Waals surface area contributed by atoms with Crippen LogP contribution in [-0.4, -0.2) is 73.7 Å². The molecule has 1 aromatic carbocycles. The van der Waals surface area contributed by atoms with Gasteiger partial charge >= 0.3 is 12.1 Å². The van der Waals surface area contributed by atoms with E-state index in [0.717, 1.165) is 0 Å². The average Bonchev–Trinajstić information content (AvgIpc) is 2.69. The summed E-state index contributed by atoms with van der Waals surface area (Å²) < 4.78 is 29.9. The minimum Gasteiger partial charge on any atom is -0.444 e. The number of carbonyl (C=O) groups excluding carboxylic acids is 2. The Morgan fingerprint density at radius 1 is 1.20 bits per heavy atom. The largest absolute Gasteiger partial charge is 0.444 e. The Balaban J connectivity index is 2.07.